The van der Waals surface area contributed by atoms with Crippen LogP contribution in [0.4, 0.5) is 5.69 Å². The summed E-state index contributed by atoms with van der Waals surface area (Å²) < 4.78 is 1.14. The van der Waals surface area contributed by atoms with Gasteiger partial charge in [0, 0.05) is 21.1 Å². The van der Waals surface area contributed by atoms with Gasteiger partial charge in [-0.3, -0.25) is 0 Å². The van der Waals surface area contributed by atoms with Crippen LogP contribution in [0, 0.1) is 5.92 Å². The van der Waals surface area contributed by atoms with E-state index in [1.54, 1.807) is 0 Å². The van der Waals surface area contributed by atoms with E-state index >= 15 is 0 Å². The second-order valence-corrected chi connectivity index (χ2v) is 7.11. The third-order valence-corrected chi connectivity index (χ3v) is 5.26. The first-order valence-corrected chi connectivity index (χ1v) is 8.37. The normalized spacial score (nSPS) is 26.1. The molecule has 2 aromatic rings. The smallest absolute Gasteiger partial charge is 0.0554 e. The molecule has 0 radical (unpaired) electrons. The Morgan fingerprint density at radius 1 is 1.14 bits per heavy atom. The van der Waals surface area contributed by atoms with E-state index in [-0.39, 0.29) is 0 Å². The zero-order chi connectivity index (χ0) is 14.4. The van der Waals surface area contributed by atoms with Crippen molar-refractivity contribution in [3.05, 3.63) is 75.2 Å². The number of fused-ring (bicyclic) bond motifs is 3. The summed E-state index contributed by atoms with van der Waals surface area (Å²) in [6, 6.07) is 15.0. The minimum atomic E-state index is 0.317. The zero-order valence-corrected chi connectivity index (χ0v) is 13.7. The van der Waals surface area contributed by atoms with E-state index in [9.17, 15) is 0 Å². The Bertz CT molecular complexity index is 725. The van der Waals surface area contributed by atoms with Gasteiger partial charge < -0.3 is 5.32 Å². The van der Waals surface area contributed by atoms with Crippen LogP contribution in [0.5, 0.6) is 0 Å². The van der Waals surface area contributed by atoms with Crippen LogP contribution in [0.15, 0.2) is 59.1 Å². The van der Waals surface area contributed by atoms with Gasteiger partial charge in [-0.2, -0.15) is 0 Å². The van der Waals surface area contributed by atoms with Crippen LogP contribution in [0.3, 0.4) is 0 Å². The second kappa shape index (κ2) is 5.19. The lowest BCUT2D eigenvalue weighted by Crippen LogP contribution is -2.29. The maximum atomic E-state index is 6.18. The van der Waals surface area contributed by atoms with Crippen molar-refractivity contribution in [2.75, 3.05) is 5.32 Å². The molecular weight excluding hydrogens is 346 g/mol. The largest absolute Gasteiger partial charge is 0.378 e. The van der Waals surface area contributed by atoms with Crippen LogP contribution in [-0.2, 0) is 0 Å². The minimum absolute atomic E-state index is 0.317. The molecule has 1 N–H and O–H groups in total. The zero-order valence-electron chi connectivity index (χ0n) is 11.4. The van der Waals surface area contributed by atoms with Gasteiger partial charge in [-0.15, -0.1) is 0 Å². The summed E-state index contributed by atoms with van der Waals surface area (Å²) in [5, 5.41) is 4.52. The van der Waals surface area contributed by atoms with Crippen LogP contribution in [0.25, 0.3) is 0 Å². The third kappa shape index (κ3) is 2.31. The van der Waals surface area contributed by atoms with Crippen molar-refractivity contribution in [1.29, 1.82) is 0 Å². The fraction of sp³-hybridized carbons (Fsp3) is 0.222. The average Bonchev–Trinajstić information content (AvgIpc) is 2.96. The van der Waals surface area contributed by atoms with E-state index in [0.717, 1.165) is 15.9 Å². The molecule has 21 heavy (non-hydrogen) atoms. The highest BCUT2D eigenvalue weighted by molar-refractivity contribution is 9.10. The monoisotopic (exact) mass is 359 g/mol. The molecule has 0 saturated carbocycles. The maximum absolute atomic E-state index is 6.18. The van der Waals surface area contributed by atoms with Crippen LogP contribution in [0.2, 0.25) is 5.02 Å². The van der Waals surface area contributed by atoms with Gasteiger partial charge in [-0.05, 0) is 53.8 Å². The first-order chi connectivity index (χ1) is 10.2. The summed E-state index contributed by atoms with van der Waals surface area (Å²) in [5.74, 6) is 1.05. The van der Waals surface area contributed by atoms with Crippen molar-refractivity contribution in [2.45, 2.75) is 18.4 Å². The Morgan fingerprint density at radius 3 is 2.90 bits per heavy atom. The van der Waals surface area contributed by atoms with Gasteiger partial charge in [-0.25, -0.2) is 0 Å². The molecular formula is C18H15BrClN. The predicted octanol–water partition coefficient (Wildman–Crippen LogP) is 5.93. The van der Waals surface area contributed by atoms with Gasteiger partial charge in [0.15, 0.2) is 0 Å². The van der Waals surface area contributed by atoms with Crippen LogP contribution >= 0.6 is 27.5 Å². The number of benzene rings is 2. The van der Waals surface area contributed by atoms with Crippen LogP contribution < -0.4 is 5.32 Å². The molecule has 1 nitrogen and oxygen atoms in total. The standard InChI is InChI=1S/C18H15BrClN/c19-12-7-8-17-16(10-12)14-5-2-6-15(14)18(21-17)11-3-1-4-13(20)9-11/h1-5,7-10,14-15,18,21H,6H2/t14-,15+,18+/m1/s1. The number of anilines is 1. The van der Waals surface area contributed by atoms with Crippen LogP contribution in [0.1, 0.15) is 29.5 Å². The summed E-state index contributed by atoms with van der Waals surface area (Å²) >= 11 is 9.77. The number of nitrogens with one attached hydrogen (secondary N) is 1. The SMILES string of the molecule is Clc1cccc([C@@H]2Nc3ccc(Br)cc3[C@@H]3C=CC[C@@H]32)c1. The molecule has 3 atom stereocenters. The van der Waals surface area contributed by atoms with Gasteiger partial charge in [0.05, 0.1) is 6.04 Å². The van der Waals surface area contributed by atoms with Crippen molar-refractivity contribution >= 4 is 33.2 Å². The molecule has 4 rings (SSSR count). The molecule has 1 aliphatic heterocycles. The highest BCUT2D eigenvalue weighted by Gasteiger charge is 2.37. The Hall–Kier alpha value is -1.25. The molecule has 106 valence electrons. The number of hydrogen-bond donors (Lipinski definition) is 1. The first-order valence-electron chi connectivity index (χ1n) is 7.20. The van der Waals surface area contributed by atoms with Crippen LogP contribution in [-0.4, -0.2) is 0 Å². The molecule has 1 heterocycles. The molecule has 2 aromatic carbocycles. The molecule has 3 heteroatoms. The van der Waals surface area contributed by atoms with E-state index in [0.29, 0.717) is 17.9 Å². The summed E-state index contributed by atoms with van der Waals surface area (Å²) in [4.78, 5) is 0. The molecule has 0 amide bonds. The number of hydrogen-bond acceptors (Lipinski definition) is 1. The second-order valence-electron chi connectivity index (χ2n) is 5.76. The van der Waals surface area contributed by atoms with Crippen molar-refractivity contribution in [2.24, 2.45) is 5.92 Å². The highest BCUT2D eigenvalue weighted by Crippen LogP contribution is 2.50. The number of rotatable bonds is 1. The highest BCUT2D eigenvalue weighted by atomic mass is 79.9. The lowest BCUT2D eigenvalue weighted by atomic mass is 9.77. The van der Waals surface area contributed by atoms with E-state index in [4.69, 9.17) is 11.6 Å². The van der Waals surface area contributed by atoms with Gasteiger partial charge in [0.1, 0.15) is 0 Å². The summed E-state index contributed by atoms with van der Waals surface area (Å²) in [5.41, 5.74) is 3.90. The predicted molar refractivity (Wildman–Crippen MR) is 91.9 cm³/mol. The van der Waals surface area contributed by atoms with E-state index in [2.05, 4.69) is 63.7 Å². The third-order valence-electron chi connectivity index (χ3n) is 4.53. The summed E-state index contributed by atoms with van der Waals surface area (Å²) in [6.07, 6.45) is 5.78. The summed E-state index contributed by atoms with van der Waals surface area (Å²) in [7, 11) is 0. The summed E-state index contributed by atoms with van der Waals surface area (Å²) in [6.45, 7) is 0. The Kier molecular flexibility index (Phi) is 3.31. The molecule has 0 unspecified atom stereocenters. The van der Waals surface area contributed by atoms with Gasteiger partial charge in [0.25, 0.3) is 0 Å². The lowest BCUT2D eigenvalue weighted by Gasteiger charge is -2.37. The van der Waals surface area contributed by atoms with Gasteiger partial charge >= 0.3 is 0 Å². The van der Waals surface area contributed by atoms with E-state index in [1.807, 2.05) is 12.1 Å². The quantitative estimate of drug-likeness (QED) is 0.622. The lowest BCUT2D eigenvalue weighted by molar-refractivity contribution is 0.425. The molecule has 0 fully saturated rings. The molecule has 0 aromatic heterocycles. The Morgan fingerprint density at radius 2 is 2.05 bits per heavy atom. The fourth-order valence-corrected chi connectivity index (χ4v) is 4.17. The van der Waals surface area contributed by atoms with Gasteiger partial charge in [0.2, 0.25) is 0 Å². The Balaban J connectivity index is 1.80. The van der Waals surface area contributed by atoms with Crippen molar-refractivity contribution in [1.82, 2.24) is 0 Å². The fourth-order valence-electron chi connectivity index (χ4n) is 3.60. The molecule has 0 bridgehead atoms. The average molecular weight is 361 g/mol. The topological polar surface area (TPSA) is 12.0 Å². The molecule has 0 saturated heterocycles. The van der Waals surface area contributed by atoms with Crippen molar-refractivity contribution < 1.29 is 0 Å². The Labute approximate surface area is 138 Å². The minimum Gasteiger partial charge on any atom is -0.378 e. The van der Waals surface area contributed by atoms with Crippen molar-refractivity contribution in [3.63, 3.8) is 0 Å². The molecule has 1 aliphatic carbocycles. The number of halogens is 2. The van der Waals surface area contributed by atoms with Crippen molar-refractivity contribution in [3.8, 4) is 0 Å². The molecule has 2 aliphatic rings. The first kappa shape index (κ1) is 13.4. The number of allylic oxidation sites excluding steroid dienone is 2. The van der Waals surface area contributed by atoms with E-state index < -0.39 is 0 Å². The van der Waals surface area contributed by atoms with Gasteiger partial charge in [-0.1, -0.05) is 51.8 Å². The molecule has 0 spiro atoms. The van der Waals surface area contributed by atoms with E-state index in [1.165, 1.54) is 16.8 Å². The maximum Gasteiger partial charge on any atom is 0.0554 e.